The van der Waals surface area contributed by atoms with Gasteiger partial charge in [-0.3, -0.25) is 0 Å². The maximum absolute atomic E-state index is 5.00. The van der Waals surface area contributed by atoms with Crippen LogP contribution in [0.1, 0.15) is 18.9 Å². The zero-order valence-electron chi connectivity index (χ0n) is 10.2. The lowest BCUT2D eigenvalue weighted by atomic mass is 10.1. The van der Waals surface area contributed by atoms with Gasteiger partial charge in [-0.15, -0.1) is 0 Å². The molecule has 0 aliphatic rings. The molecule has 0 spiro atoms. The average molecular weight is 224 g/mol. The summed E-state index contributed by atoms with van der Waals surface area (Å²) in [5.41, 5.74) is 1.14. The van der Waals surface area contributed by atoms with E-state index >= 15 is 0 Å². The van der Waals surface area contributed by atoms with E-state index in [1.54, 1.807) is 13.4 Å². The summed E-state index contributed by atoms with van der Waals surface area (Å²) in [6.07, 6.45) is 3.60. The van der Waals surface area contributed by atoms with Crippen molar-refractivity contribution in [1.29, 1.82) is 0 Å². The van der Waals surface area contributed by atoms with Gasteiger partial charge < -0.3 is 15.4 Å². The molecule has 16 heavy (non-hydrogen) atoms. The minimum absolute atomic E-state index is 0.671. The molecule has 0 atom stereocenters. The summed E-state index contributed by atoms with van der Waals surface area (Å²) >= 11 is 0. The van der Waals surface area contributed by atoms with Gasteiger partial charge in [-0.2, -0.15) is 0 Å². The first kappa shape index (κ1) is 12.7. The Morgan fingerprint density at radius 1 is 1.31 bits per heavy atom. The third kappa shape index (κ3) is 3.34. The van der Waals surface area contributed by atoms with Crippen LogP contribution in [0.15, 0.2) is 6.33 Å². The lowest BCUT2D eigenvalue weighted by Gasteiger charge is -2.13. The van der Waals surface area contributed by atoms with Crippen molar-refractivity contribution in [3.63, 3.8) is 0 Å². The second-order valence-electron chi connectivity index (χ2n) is 3.47. The Hall–Kier alpha value is -1.36. The molecule has 0 unspecified atom stereocenters. The first-order valence-corrected chi connectivity index (χ1v) is 5.57. The van der Waals surface area contributed by atoms with Crippen molar-refractivity contribution < 1.29 is 4.74 Å². The largest absolute Gasteiger partial charge is 0.383 e. The topological polar surface area (TPSA) is 59.1 Å². The zero-order chi connectivity index (χ0) is 11.8. The molecule has 5 nitrogen and oxygen atoms in total. The predicted octanol–water partition coefficient (Wildman–Crippen LogP) is 1.53. The summed E-state index contributed by atoms with van der Waals surface area (Å²) < 4.78 is 5.00. The number of hydrogen-bond acceptors (Lipinski definition) is 5. The molecule has 2 N–H and O–H groups in total. The quantitative estimate of drug-likeness (QED) is 0.688. The summed E-state index contributed by atoms with van der Waals surface area (Å²) in [4.78, 5) is 8.47. The third-order valence-electron chi connectivity index (χ3n) is 2.28. The van der Waals surface area contributed by atoms with E-state index in [-0.39, 0.29) is 0 Å². The molecule has 0 aromatic carbocycles. The van der Waals surface area contributed by atoms with Crippen LogP contribution in [0.3, 0.4) is 0 Å². The molecule has 0 fully saturated rings. The predicted molar refractivity (Wildman–Crippen MR) is 65.9 cm³/mol. The van der Waals surface area contributed by atoms with Gasteiger partial charge in [0.2, 0.25) is 0 Å². The van der Waals surface area contributed by atoms with Crippen LogP contribution in [0.25, 0.3) is 0 Å². The Kier molecular flexibility index (Phi) is 5.56. The summed E-state index contributed by atoms with van der Waals surface area (Å²) in [5.74, 6) is 1.80. The number of rotatable bonds is 7. The van der Waals surface area contributed by atoms with Gasteiger partial charge in [-0.1, -0.05) is 13.3 Å². The number of methoxy groups -OCH3 is 1. The zero-order valence-corrected chi connectivity index (χ0v) is 10.2. The molecular weight excluding hydrogens is 204 g/mol. The first-order valence-electron chi connectivity index (χ1n) is 5.57. The van der Waals surface area contributed by atoms with Crippen molar-refractivity contribution in [3.05, 3.63) is 11.9 Å². The van der Waals surface area contributed by atoms with Crippen LogP contribution < -0.4 is 10.6 Å². The minimum Gasteiger partial charge on any atom is -0.383 e. The molecule has 0 radical (unpaired) electrons. The Morgan fingerprint density at radius 2 is 2.06 bits per heavy atom. The van der Waals surface area contributed by atoms with E-state index in [0.29, 0.717) is 6.61 Å². The lowest BCUT2D eigenvalue weighted by Crippen LogP contribution is -2.12. The number of aromatic nitrogens is 2. The standard InChI is InChI=1S/C11H20N4O/c1-4-5-9-10(12-2)14-8-15-11(9)13-6-7-16-3/h8H,4-7H2,1-3H3,(H2,12,13,14,15). The van der Waals surface area contributed by atoms with Crippen molar-refractivity contribution in [2.24, 2.45) is 0 Å². The highest BCUT2D eigenvalue weighted by molar-refractivity contribution is 5.57. The molecule has 0 saturated heterocycles. The van der Waals surface area contributed by atoms with Gasteiger partial charge in [0.25, 0.3) is 0 Å². The fraction of sp³-hybridized carbons (Fsp3) is 0.636. The Morgan fingerprint density at radius 3 is 2.69 bits per heavy atom. The van der Waals surface area contributed by atoms with E-state index in [9.17, 15) is 0 Å². The first-order chi connectivity index (χ1) is 7.83. The summed E-state index contributed by atoms with van der Waals surface area (Å²) in [6.45, 7) is 3.57. The summed E-state index contributed by atoms with van der Waals surface area (Å²) in [7, 11) is 3.56. The Bertz CT molecular complexity index is 317. The van der Waals surface area contributed by atoms with Crippen LogP contribution in [0, 0.1) is 0 Å². The van der Waals surface area contributed by atoms with Crippen LogP contribution in [0.5, 0.6) is 0 Å². The molecule has 0 bridgehead atoms. The van der Waals surface area contributed by atoms with Gasteiger partial charge in [-0.25, -0.2) is 9.97 Å². The molecule has 1 aromatic rings. The number of nitrogens with one attached hydrogen (secondary N) is 2. The molecular formula is C11H20N4O. The van der Waals surface area contributed by atoms with Crippen molar-refractivity contribution in [2.75, 3.05) is 37.9 Å². The Labute approximate surface area is 96.6 Å². The lowest BCUT2D eigenvalue weighted by molar-refractivity contribution is 0.210. The van der Waals surface area contributed by atoms with E-state index in [0.717, 1.165) is 36.6 Å². The van der Waals surface area contributed by atoms with Gasteiger partial charge >= 0.3 is 0 Å². The SMILES string of the molecule is CCCc1c(NC)ncnc1NCCOC. The summed E-state index contributed by atoms with van der Waals surface area (Å²) in [6, 6.07) is 0. The van der Waals surface area contributed by atoms with Crippen LogP contribution >= 0.6 is 0 Å². The maximum atomic E-state index is 5.00. The van der Waals surface area contributed by atoms with Crippen LogP contribution in [-0.4, -0.2) is 37.3 Å². The molecule has 0 aliphatic carbocycles. The number of ether oxygens (including phenoxy) is 1. The van der Waals surface area contributed by atoms with Crippen LogP contribution in [0.2, 0.25) is 0 Å². The van der Waals surface area contributed by atoms with Crippen molar-refractivity contribution in [3.8, 4) is 0 Å². The smallest absolute Gasteiger partial charge is 0.134 e. The van der Waals surface area contributed by atoms with Gasteiger partial charge in [0.1, 0.15) is 18.0 Å². The van der Waals surface area contributed by atoms with Gasteiger partial charge in [0.15, 0.2) is 0 Å². The van der Waals surface area contributed by atoms with Crippen molar-refractivity contribution in [2.45, 2.75) is 19.8 Å². The molecule has 1 rings (SSSR count). The molecule has 1 aromatic heterocycles. The van der Waals surface area contributed by atoms with Crippen LogP contribution in [0.4, 0.5) is 11.6 Å². The summed E-state index contributed by atoms with van der Waals surface area (Å²) in [5, 5.41) is 6.35. The van der Waals surface area contributed by atoms with Crippen molar-refractivity contribution in [1.82, 2.24) is 9.97 Å². The van der Waals surface area contributed by atoms with Gasteiger partial charge in [0.05, 0.1) is 6.61 Å². The molecule has 0 aliphatic heterocycles. The fourth-order valence-electron chi connectivity index (χ4n) is 1.54. The molecule has 1 heterocycles. The molecule has 0 amide bonds. The normalized spacial score (nSPS) is 10.2. The van der Waals surface area contributed by atoms with E-state index in [1.807, 2.05) is 7.05 Å². The minimum atomic E-state index is 0.671. The second-order valence-corrected chi connectivity index (χ2v) is 3.47. The van der Waals surface area contributed by atoms with E-state index < -0.39 is 0 Å². The Balaban J connectivity index is 2.79. The highest BCUT2D eigenvalue weighted by Crippen LogP contribution is 2.20. The van der Waals surface area contributed by atoms with E-state index in [1.165, 1.54) is 0 Å². The number of hydrogen-bond donors (Lipinski definition) is 2. The second kappa shape index (κ2) is 7.00. The molecule has 5 heteroatoms. The highest BCUT2D eigenvalue weighted by Gasteiger charge is 2.08. The van der Waals surface area contributed by atoms with Gasteiger partial charge in [-0.05, 0) is 6.42 Å². The number of anilines is 2. The average Bonchev–Trinajstić information content (AvgIpc) is 2.31. The molecule has 0 saturated carbocycles. The van der Waals surface area contributed by atoms with Crippen LogP contribution in [-0.2, 0) is 11.2 Å². The van der Waals surface area contributed by atoms with E-state index in [2.05, 4.69) is 27.5 Å². The number of nitrogens with zero attached hydrogens (tertiary/aromatic N) is 2. The van der Waals surface area contributed by atoms with E-state index in [4.69, 9.17) is 4.74 Å². The maximum Gasteiger partial charge on any atom is 0.134 e. The van der Waals surface area contributed by atoms with Gasteiger partial charge in [0, 0.05) is 26.3 Å². The highest BCUT2D eigenvalue weighted by atomic mass is 16.5. The monoisotopic (exact) mass is 224 g/mol. The van der Waals surface area contributed by atoms with Crippen molar-refractivity contribution >= 4 is 11.6 Å². The fourth-order valence-corrected chi connectivity index (χ4v) is 1.54. The molecule has 90 valence electrons. The third-order valence-corrected chi connectivity index (χ3v) is 2.28.